The number of esters is 2. The Balaban J connectivity index is 1.92. The minimum Gasteiger partial charge on any atom is -0.468 e. The van der Waals surface area contributed by atoms with E-state index in [1.165, 1.54) is 12.1 Å². The maximum atomic E-state index is 14.3. The molecule has 1 saturated carbocycles. The minimum atomic E-state index is -5.20. The Hall–Kier alpha value is -3.03. The summed E-state index contributed by atoms with van der Waals surface area (Å²) >= 11 is 12.0. The molecule has 3 aromatic carbocycles. The molecule has 3 atom stereocenters. The fourth-order valence-electron chi connectivity index (χ4n) is 5.85. The molecule has 1 aliphatic carbocycles. The molecular formula is C30H27Cl2F3O4. The summed E-state index contributed by atoms with van der Waals surface area (Å²) in [6.07, 6.45) is -7.35. The molecule has 0 bridgehead atoms. The zero-order valence-electron chi connectivity index (χ0n) is 21.7. The number of rotatable bonds is 7. The van der Waals surface area contributed by atoms with Crippen molar-refractivity contribution in [3.63, 3.8) is 0 Å². The molecular weight excluding hydrogens is 552 g/mol. The number of carbonyl (C=O) groups is 2. The number of carbonyl (C=O) groups excluding carboxylic acids is 2. The predicted octanol–water partition coefficient (Wildman–Crippen LogP) is 7.69. The van der Waals surface area contributed by atoms with Crippen LogP contribution < -0.4 is 0 Å². The molecule has 0 spiro atoms. The van der Waals surface area contributed by atoms with Crippen LogP contribution in [0.3, 0.4) is 0 Å². The summed E-state index contributed by atoms with van der Waals surface area (Å²) in [4.78, 5) is 26.7. The van der Waals surface area contributed by atoms with Gasteiger partial charge in [0.1, 0.15) is 11.5 Å². The lowest BCUT2D eigenvalue weighted by Gasteiger charge is -2.33. The van der Waals surface area contributed by atoms with Gasteiger partial charge in [0.25, 0.3) is 0 Å². The molecule has 39 heavy (non-hydrogen) atoms. The van der Waals surface area contributed by atoms with Crippen LogP contribution in [-0.4, -0.2) is 35.7 Å². The molecule has 0 heterocycles. The first kappa shape index (κ1) is 29.0. The van der Waals surface area contributed by atoms with E-state index in [4.69, 9.17) is 32.7 Å². The van der Waals surface area contributed by atoms with Gasteiger partial charge in [-0.05, 0) is 46.7 Å². The highest BCUT2D eigenvalue weighted by Crippen LogP contribution is 2.74. The quantitative estimate of drug-likeness (QED) is 0.213. The molecule has 3 unspecified atom stereocenters. The van der Waals surface area contributed by atoms with Crippen LogP contribution in [-0.2, 0) is 19.7 Å². The molecule has 0 N–H and O–H groups in total. The largest absolute Gasteiger partial charge is 0.468 e. The molecule has 9 heteroatoms. The smallest absolute Gasteiger partial charge is 0.425 e. The lowest BCUT2D eigenvalue weighted by molar-refractivity contribution is -0.167. The molecule has 0 aliphatic heterocycles. The van der Waals surface area contributed by atoms with E-state index in [2.05, 4.69) is 0 Å². The van der Waals surface area contributed by atoms with E-state index in [1.54, 1.807) is 51.1 Å². The van der Waals surface area contributed by atoms with Crippen LogP contribution in [0.25, 0.3) is 11.1 Å². The molecule has 0 saturated heterocycles. The second kappa shape index (κ2) is 10.2. The number of halogens is 5. The van der Waals surface area contributed by atoms with Gasteiger partial charge in [0, 0.05) is 5.92 Å². The van der Waals surface area contributed by atoms with E-state index in [1.807, 2.05) is 36.4 Å². The molecule has 4 nitrogen and oxygen atoms in total. The van der Waals surface area contributed by atoms with E-state index in [0.29, 0.717) is 11.1 Å². The summed E-state index contributed by atoms with van der Waals surface area (Å²) in [5.41, 5.74) is -0.0936. The Bertz CT molecular complexity index is 1370. The Kier molecular flexibility index (Phi) is 7.56. The predicted molar refractivity (Wildman–Crippen MR) is 144 cm³/mol. The molecule has 1 aliphatic rings. The Labute approximate surface area is 235 Å². The number of hydrogen-bond acceptors (Lipinski definition) is 4. The zero-order valence-corrected chi connectivity index (χ0v) is 23.2. The van der Waals surface area contributed by atoms with E-state index in [9.17, 15) is 22.8 Å². The van der Waals surface area contributed by atoms with Crippen molar-refractivity contribution in [3.05, 3.63) is 95.6 Å². The summed E-state index contributed by atoms with van der Waals surface area (Å²) in [5, 5.41) is 0. The van der Waals surface area contributed by atoms with Gasteiger partial charge in [-0.25, -0.2) is 4.79 Å². The fourth-order valence-corrected chi connectivity index (χ4v) is 6.19. The first-order chi connectivity index (χ1) is 18.2. The highest BCUT2D eigenvalue weighted by molar-refractivity contribution is 6.49. The van der Waals surface area contributed by atoms with Crippen molar-refractivity contribution in [2.75, 3.05) is 7.11 Å². The highest BCUT2D eigenvalue weighted by Gasteiger charge is 2.83. The summed E-state index contributed by atoms with van der Waals surface area (Å²) < 4.78 is 50.1. The molecule has 3 aromatic rings. The molecule has 0 radical (unpaired) electrons. The van der Waals surface area contributed by atoms with Gasteiger partial charge in [-0.2, -0.15) is 13.2 Å². The Morgan fingerprint density at radius 2 is 1.46 bits per heavy atom. The number of hydrogen-bond donors (Lipinski definition) is 0. The average Bonchev–Trinajstić information content (AvgIpc) is 3.42. The molecule has 206 valence electrons. The van der Waals surface area contributed by atoms with Crippen LogP contribution in [0, 0.1) is 18.3 Å². The van der Waals surface area contributed by atoms with Crippen LogP contribution in [0.4, 0.5) is 13.2 Å². The number of alkyl halides is 5. The van der Waals surface area contributed by atoms with E-state index < -0.39 is 45.3 Å². The highest BCUT2D eigenvalue weighted by atomic mass is 35.5. The van der Waals surface area contributed by atoms with Crippen LogP contribution in [0.2, 0.25) is 0 Å². The summed E-state index contributed by atoms with van der Waals surface area (Å²) in [7, 11) is 1.16. The second-order valence-electron chi connectivity index (χ2n) is 10.2. The van der Waals surface area contributed by atoms with Gasteiger partial charge in [0.05, 0.1) is 12.7 Å². The Morgan fingerprint density at radius 3 is 2.00 bits per heavy atom. The lowest BCUT2D eigenvalue weighted by atomic mass is 9.82. The summed E-state index contributed by atoms with van der Waals surface area (Å²) in [5.74, 6) is -3.11. The zero-order chi connectivity index (χ0) is 28.8. The van der Waals surface area contributed by atoms with Crippen molar-refractivity contribution in [1.82, 2.24) is 0 Å². The third-order valence-electron chi connectivity index (χ3n) is 7.81. The first-order valence-corrected chi connectivity index (χ1v) is 12.9. The van der Waals surface area contributed by atoms with E-state index in [0.717, 1.165) is 18.2 Å². The van der Waals surface area contributed by atoms with Gasteiger partial charge in [-0.1, -0.05) is 104 Å². The van der Waals surface area contributed by atoms with Gasteiger partial charge in [0.15, 0.2) is 0 Å². The van der Waals surface area contributed by atoms with E-state index in [-0.39, 0.29) is 5.56 Å². The average molecular weight is 579 g/mol. The number of benzene rings is 3. The van der Waals surface area contributed by atoms with Crippen LogP contribution in [0.15, 0.2) is 78.9 Å². The third-order valence-corrected chi connectivity index (χ3v) is 8.67. The van der Waals surface area contributed by atoms with Crippen LogP contribution >= 0.6 is 23.2 Å². The topological polar surface area (TPSA) is 52.6 Å². The number of methoxy groups -OCH3 is 1. The number of ether oxygens (including phenoxy) is 2. The van der Waals surface area contributed by atoms with Gasteiger partial charge in [-0.3, -0.25) is 4.79 Å². The van der Waals surface area contributed by atoms with Crippen molar-refractivity contribution in [3.8, 4) is 11.1 Å². The van der Waals surface area contributed by atoms with Crippen molar-refractivity contribution >= 4 is 35.1 Å². The third kappa shape index (κ3) is 4.59. The summed E-state index contributed by atoms with van der Waals surface area (Å²) in [6, 6.07) is 22.2. The maximum absolute atomic E-state index is 14.3. The second-order valence-corrected chi connectivity index (χ2v) is 11.5. The van der Waals surface area contributed by atoms with Gasteiger partial charge < -0.3 is 9.47 Å². The molecule has 1 fully saturated rings. The van der Waals surface area contributed by atoms with Crippen molar-refractivity contribution < 1.29 is 32.2 Å². The fraction of sp³-hybridized carbons (Fsp3) is 0.333. The van der Waals surface area contributed by atoms with Crippen LogP contribution in [0.5, 0.6) is 0 Å². The van der Waals surface area contributed by atoms with Gasteiger partial charge in [-0.15, -0.1) is 0 Å². The normalized spacial score (nSPS) is 21.1. The summed E-state index contributed by atoms with van der Waals surface area (Å²) in [6.45, 7) is 5.02. The van der Waals surface area contributed by atoms with Crippen molar-refractivity contribution in [2.45, 2.75) is 42.8 Å². The SMILES string of the molecule is COC(=O)C1(c2cccc(-c3ccccc3)c2C)C(C(OC(=O)c2ccccc2)C(Cl)(Cl)C(F)(F)F)C1(C)C. The lowest BCUT2D eigenvalue weighted by Crippen LogP contribution is -2.50. The minimum absolute atomic E-state index is 0.0122. The first-order valence-electron chi connectivity index (χ1n) is 12.2. The monoisotopic (exact) mass is 578 g/mol. The molecule has 4 rings (SSSR count). The maximum Gasteiger partial charge on any atom is 0.425 e. The van der Waals surface area contributed by atoms with Crippen molar-refractivity contribution in [1.29, 1.82) is 0 Å². The Morgan fingerprint density at radius 1 is 0.897 bits per heavy atom. The molecule has 0 aromatic heterocycles. The molecule has 0 amide bonds. The van der Waals surface area contributed by atoms with Crippen molar-refractivity contribution in [2.24, 2.45) is 11.3 Å². The van der Waals surface area contributed by atoms with Gasteiger partial charge in [0.2, 0.25) is 4.33 Å². The van der Waals surface area contributed by atoms with E-state index >= 15 is 0 Å². The van der Waals surface area contributed by atoms with Crippen LogP contribution in [0.1, 0.15) is 35.3 Å². The standard InChI is InChI=1S/C30H27Cl2F3O4/c1-18-21(19-12-7-5-8-13-19)16-11-17-22(18)28(26(37)38-4)23(27(28,2)3)24(29(31,32)30(33,34)35)39-25(36)20-14-9-6-10-15-20/h5-17,23-24H,1-4H3. The van der Waals surface area contributed by atoms with Gasteiger partial charge >= 0.3 is 18.1 Å².